The van der Waals surface area contributed by atoms with Crippen molar-refractivity contribution in [3.8, 4) is 0 Å². The number of carbonyl (C=O) groups is 2. The minimum Gasteiger partial charge on any atom is -0.478 e. The Labute approximate surface area is 187 Å². The van der Waals surface area contributed by atoms with Crippen LogP contribution in [0.1, 0.15) is 28.8 Å². The molecule has 2 aromatic carbocycles. The Morgan fingerprint density at radius 1 is 0.969 bits per heavy atom. The van der Waals surface area contributed by atoms with Crippen LogP contribution in [-0.4, -0.2) is 60.8 Å². The van der Waals surface area contributed by atoms with E-state index in [9.17, 15) is 9.59 Å². The van der Waals surface area contributed by atoms with E-state index in [1.807, 2.05) is 6.08 Å². The lowest BCUT2D eigenvalue weighted by Crippen LogP contribution is -2.44. The first-order valence-corrected chi connectivity index (χ1v) is 11.0. The molecule has 0 radical (unpaired) electrons. The summed E-state index contributed by atoms with van der Waals surface area (Å²) >= 11 is 0. The highest BCUT2D eigenvalue weighted by atomic mass is 16.4. The Kier molecular flexibility index (Phi) is 5.27. The number of rotatable bonds is 5. The highest BCUT2D eigenvalue weighted by molar-refractivity contribution is 6.33. The van der Waals surface area contributed by atoms with Crippen molar-refractivity contribution < 1.29 is 14.7 Å². The second kappa shape index (κ2) is 8.24. The molecule has 0 unspecified atom stereocenters. The van der Waals surface area contributed by atoms with Gasteiger partial charge in [0.2, 0.25) is 0 Å². The number of carbonyl (C=O) groups excluding carboxylic acids is 1. The van der Waals surface area contributed by atoms with Gasteiger partial charge in [-0.3, -0.25) is 4.79 Å². The van der Waals surface area contributed by atoms with E-state index in [0.717, 1.165) is 50.3 Å². The molecule has 32 heavy (non-hydrogen) atoms. The first kappa shape index (κ1) is 20.5. The predicted octanol–water partition coefficient (Wildman–Crippen LogP) is 3.33. The molecule has 0 aromatic heterocycles. The molecule has 1 saturated heterocycles. The van der Waals surface area contributed by atoms with Crippen molar-refractivity contribution >= 4 is 35.0 Å². The van der Waals surface area contributed by atoms with Crippen LogP contribution >= 0.6 is 0 Å². The monoisotopic (exact) mass is 430 g/mol. The molecule has 0 atom stereocenters. The summed E-state index contributed by atoms with van der Waals surface area (Å²) in [4.78, 5) is 29.1. The molecule has 5 rings (SSSR count). The van der Waals surface area contributed by atoms with E-state index in [1.54, 1.807) is 12.1 Å². The van der Waals surface area contributed by atoms with Crippen molar-refractivity contribution in [3.05, 3.63) is 65.2 Å². The molecule has 2 fully saturated rings. The van der Waals surface area contributed by atoms with Gasteiger partial charge < -0.3 is 14.9 Å². The molecule has 7 heteroatoms. The molecule has 1 aliphatic carbocycles. The third-order valence-electron chi connectivity index (χ3n) is 6.30. The van der Waals surface area contributed by atoms with E-state index in [4.69, 9.17) is 5.11 Å². The van der Waals surface area contributed by atoms with Gasteiger partial charge in [-0.05, 0) is 67.9 Å². The third-order valence-corrected chi connectivity index (χ3v) is 6.30. The van der Waals surface area contributed by atoms with Crippen LogP contribution in [0.4, 0.5) is 11.4 Å². The van der Waals surface area contributed by atoms with Crippen LogP contribution in [-0.2, 0) is 4.79 Å². The van der Waals surface area contributed by atoms with Crippen LogP contribution in [0.5, 0.6) is 0 Å². The van der Waals surface area contributed by atoms with E-state index in [0.29, 0.717) is 17.2 Å². The highest BCUT2D eigenvalue weighted by Crippen LogP contribution is 2.38. The van der Waals surface area contributed by atoms with Gasteiger partial charge in [0.25, 0.3) is 5.91 Å². The largest absolute Gasteiger partial charge is 0.478 e. The highest BCUT2D eigenvalue weighted by Gasteiger charge is 2.39. The summed E-state index contributed by atoms with van der Waals surface area (Å²) in [6, 6.07) is 14.6. The van der Waals surface area contributed by atoms with Crippen molar-refractivity contribution in [2.75, 3.05) is 43.1 Å². The van der Waals surface area contributed by atoms with Crippen LogP contribution in [0.2, 0.25) is 0 Å². The Morgan fingerprint density at radius 3 is 2.19 bits per heavy atom. The minimum atomic E-state index is -0.993. The van der Waals surface area contributed by atoms with Gasteiger partial charge >= 0.3 is 5.97 Å². The molecule has 164 valence electrons. The fourth-order valence-corrected chi connectivity index (χ4v) is 4.16. The Morgan fingerprint density at radius 2 is 1.59 bits per heavy atom. The standard InChI is InChI=1S/C25H26N4O3/c1-27-12-14-28(15-13-27)20-8-2-17(3-9-20)16-22-23(18-4-5-18)26-29(24(22)30)21-10-6-19(7-11-21)25(31)32/h2-3,6-11,16,18H,4-5,12-15H2,1H3,(H,31,32)/b22-16-. The number of hydrazone groups is 1. The quantitative estimate of drug-likeness (QED) is 0.737. The third kappa shape index (κ3) is 4.03. The summed E-state index contributed by atoms with van der Waals surface area (Å²) in [5.41, 5.74) is 4.40. The van der Waals surface area contributed by atoms with Crippen molar-refractivity contribution in [1.29, 1.82) is 0 Å². The van der Waals surface area contributed by atoms with Crippen LogP contribution in [0, 0.1) is 5.92 Å². The number of nitrogens with zero attached hydrogens (tertiary/aromatic N) is 4. The van der Waals surface area contributed by atoms with Crippen LogP contribution in [0.3, 0.4) is 0 Å². The van der Waals surface area contributed by atoms with Gasteiger partial charge in [-0.15, -0.1) is 0 Å². The molecule has 2 aromatic rings. The molecular formula is C25H26N4O3. The van der Waals surface area contributed by atoms with Gasteiger partial charge in [-0.2, -0.15) is 10.1 Å². The van der Waals surface area contributed by atoms with Gasteiger partial charge in [-0.1, -0.05) is 12.1 Å². The summed E-state index contributed by atoms with van der Waals surface area (Å²) in [7, 11) is 2.15. The predicted molar refractivity (Wildman–Crippen MR) is 125 cm³/mol. The van der Waals surface area contributed by atoms with Gasteiger partial charge in [0.05, 0.1) is 22.5 Å². The van der Waals surface area contributed by atoms with Crippen LogP contribution in [0.25, 0.3) is 6.08 Å². The van der Waals surface area contributed by atoms with Crippen molar-refractivity contribution in [2.24, 2.45) is 11.0 Å². The second-order valence-electron chi connectivity index (χ2n) is 8.67. The number of carboxylic acids is 1. The first-order chi connectivity index (χ1) is 15.5. The van der Waals surface area contributed by atoms with Gasteiger partial charge in [0, 0.05) is 37.8 Å². The molecule has 7 nitrogen and oxygen atoms in total. The summed E-state index contributed by atoms with van der Waals surface area (Å²) in [5, 5.41) is 15.1. The zero-order valence-corrected chi connectivity index (χ0v) is 18.1. The summed E-state index contributed by atoms with van der Waals surface area (Å²) in [6.07, 6.45) is 4.01. The Hall–Kier alpha value is -3.45. The smallest absolute Gasteiger partial charge is 0.335 e. The van der Waals surface area contributed by atoms with Gasteiger partial charge in [-0.25, -0.2) is 4.79 Å². The van der Waals surface area contributed by atoms with Gasteiger partial charge in [0.1, 0.15) is 0 Å². The summed E-state index contributed by atoms with van der Waals surface area (Å²) in [5.74, 6) is -0.844. The number of piperazine rings is 1. The lowest BCUT2D eigenvalue weighted by molar-refractivity contribution is -0.114. The molecule has 2 aliphatic heterocycles. The summed E-state index contributed by atoms with van der Waals surface area (Å²) in [6.45, 7) is 4.16. The maximum Gasteiger partial charge on any atom is 0.335 e. The fourth-order valence-electron chi connectivity index (χ4n) is 4.16. The van der Waals surface area contributed by atoms with E-state index < -0.39 is 5.97 Å². The number of aromatic carboxylic acids is 1. The van der Waals surface area contributed by atoms with Gasteiger partial charge in [0.15, 0.2) is 0 Å². The van der Waals surface area contributed by atoms with Crippen LogP contribution < -0.4 is 9.91 Å². The molecule has 0 spiro atoms. The number of benzene rings is 2. The number of hydrogen-bond acceptors (Lipinski definition) is 5. The molecule has 1 N–H and O–H groups in total. The van der Waals surface area contributed by atoms with Crippen molar-refractivity contribution in [2.45, 2.75) is 12.8 Å². The van der Waals surface area contributed by atoms with E-state index in [2.05, 4.69) is 46.2 Å². The average Bonchev–Trinajstić information content (AvgIpc) is 3.60. The van der Waals surface area contributed by atoms with Crippen LogP contribution in [0.15, 0.2) is 59.2 Å². The number of hydrogen-bond donors (Lipinski definition) is 1. The molecule has 0 bridgehead atoms. The number of amides is 1. The SMILES string of the molecule is CN1CCN(c2ccc(/C=C3\C(=O)N(c4ccc(C(=O)O)cc4)N=C3C3CC3)cc2)CC1. The summed E-state index contributed by atoms with van der Waals surface area (Å²) < 4.78 is 0. The fraction of sp³-hybridized carbons (Fsp3) is 0.320. The van der Waals surface area contributed by atoms with Crippen molar-refractivity contribution in [3.63, 3.8) is 0 Å². The molecule has 2 heterocycles. The molecule has 1 amide bonds. The minimum absolute atomic E-state index is 0.168. The topological polar surface area (TPSA) is 76.5 Å². The normalized spacial score (nSPS) is 20.7. The van der Waals surface area contributed by atoms with E-state index >= 15 is 0 Å². The lowest BCUT2D eigenvalue weighted by Gasteiger charge is -2.34. The maximum absolute atomic E-state index is 13.2. The Bertz CT molecular complexity index is 1090. The first-order valence-electron chi connectivity index (χ1n) is 11.0. The van der Waals surface area contributed by atoms with E-state index in [1.165, 1.54) is 22.8 Å². The Balaban J connectivity index is 1.38. The number of anilines is 2. The number of likely N-dealkylation sites (N-methyl/N-ethyl adjacent to an activating group) is 1. The lowest BCUT2D eigenvalue weighted by atomic mass is 10.0. The molecule has 3 aliphatic rings. The maximum atomic E-state index is 13.2. The van der Waals surface area contributed by atoms with E-state index in [-0.39, 0.29) is 11.5 Å². The second-order valence-corrected chi connectivity index (χ2v) is 8.67. The zero-order valence-electron chi connectivity index (χ0n) is 18.1. The zero-order chi connectivity index (χ0) is 22.2. The molecule has 1 saturated carbocycles. The average molecular weight is 431 g/mol. The number of carboxylic acid groups (broad SMARTS) is 1. The molecular weight excluding hydrogens is 404 g/mol. The van der Waals surface area contributed by atoms with Crippen molar-refractivity contribution in [1.82, 2.24) is 4.90 Å².